The summed E-state index contributed by atoms with van der Waals surface area (Å²) in [5, 5.41) is 8.95. The third-order valence-corrected chi connectivity index (χ3v) is 3.41. The molecule has 0 atom stereocenters. The Labute approximate surface area is 121 Å². The Balaban J connectivity index is 2.10. The number of anilines is 1. The van der Waals surface area contributed by atoms with Gasteiger partial charge in [-0.25, -0.2) is 9.37 Å². The molecule has 1 aromatic heterocycles. The molecule has 0 saturated heterocycles. The maximum absolute atomic E-state index is 13.1. The Morgan fingerprint density at radius 3 is 2.81 bits per heavy atom. The molecule has 2 N–H and O–H groups in total. The molecule has 1 heterocycles. The molecule has 0 amide bonds. The van der Waals surface area contributed by atoms with Crippen LogP contribution in [-0.4, -0.2) is 9.55 Å². The number of nitrogens with zero attached hydrogens (tertiary/aromatic N) is 3. The number of rotatable bonds is 3. The standard InChI is InChI=1S/C16H13FN4/c17-12-6-5-11(13(19)9-12)10-21-15-4-2-1-3-14(15)20-16(21)7-8-18/h1-6,9H,7,10,19H2. The van der Waals surface area contributed by atoms with Gasteiger partial charge in [0.15, 0.2) is 0 Å². The van der Waals surface area contributed by atoms with Crippen molar-refractivity contribution in [2.75, 3.05) is 5.73 Å². The second-order valence-corrected chi connectivity index (χ2v) is 4.78. The maximum Gasteiger partial charge on any atom is 0.125 e. The van der Waals surface area contributed by atoms with Crippen molar-refractivity contribution in [3.05, 3.63) is 59.7 Å². The molecule has 0 bridgehead atoms. The van der Waals surface area contributed by atoms with Gasteiger partial charge in [0.25, 0.3) is 0 Å². The number of nitriles is 1. The molecule has 0 saturated carbocycles. The number of hydrogen-bond acceptors (Lipinski definition) is 3. The quantitative estimate of drug-likeness (QED) is 0.750. The van der Waals surface area contributed by atoms with E-state index in [9.17, 15) is 4.39 Å². The van der Waals surface area contributed by atoms with E-state index in [1.54, 1.807) is 6.07 Å². The van der Waals surface area contributed by atoms with Crippen molar-refractivity contribution in [3.8, 4) is 6.07 Å². The van der Waals surface area contributed by atoms with Crippen molar-refractivity contribution < 1.29 is 4.39 Å². The minimum atomic E-state index is -0.357. The van der Waals surface area contributed by atoms with Crippen LogP contribution in [0, 0.1) is 17.1 Å². The van der Waals surface area contributed by atoms with Crippen molar-refractivity contribution >= 4 is 16.7 Å². The van der Waals surface area contributed by atoms with E-state index in [4.69, 9.17) is 11.0 Å². The van der Waals surface area contributed by atoms with Gasteiger partial charge in [-0.2, -0.15) is 5.26 Å². The molecule has 0 spiro atoms. The van der Waals surface area contributed by atoms with Gasteiger partial charge < -0.3 is 10.3 Å². The summed E-state index contributed by atoms with van der Waals surface area (Å²) in [5.74, 6) is 0.325. The van der Waals surface area contributed by atoms with Crippen molar-refractivity contribution in [1.29, 1.82) is 5.26 Å². The molecule has 21 heavy (non-hydrogen) atoms. The number of imidazole rings is 1. The molecule has 4 nitrogen and oxygen atoms in total. The third-order valence-electron chi connectivity index (χ3n) is 3.41. The predicted octanol–water partition coefficient (Wildman–Crippen LogP) is 2.87. The lowest BCUT2D eigenvalue weighted by atomic mass is 10.1. The Hall–Kier alpha value is -2.87. The van der Waals surface area contributed by atoms with Gasteiger partial charge in [0.1, 0.15) is 11.6 Å². The number of hydrogen-bond donors (Lipinski definition) is 1. The Bertz CT molecular complexity index is 845. The van der Waals surface area contributed by atoms with Crippen LogP contribution in [0.25, 0.3) is 11.0 Å². The van der Waals surface area contributed by atoms with Crippen molar-refractivity contribution in [3.63, 3.8) is 0 Å². The Kier molecular flexibility index (Phi) is 3.28. The molecule has 0 unspecified atom stereocenters. The third kappa shape index (κ3) is 2.43. The van der Waals surface area contributed by atoms with Crippen LogP contribution >= 0.6 is 0 Å². The molecule has 0 aliphatic rings. The smallest absolute Gasteiger partial charge is 0.125 e. The summed E-state index contributed by atoms with van der Waals surface area (Å²) in [6.45, 7) is 0.462. The average Bonchev–Trinajstić information content (AvgIpc) is 2.80. The number of nitrogens with two attached hydrogens (primary N) is 1. The molecule has 3 aromatic rings. The fourth-order valence-corrected chi connectivity index (χ4v) is 2.39. The van der Waals surface area contributed by atoms with Crippen LogP contribution in [0.4, 0.5) is 10.1 Å². The van der Waals surface area contributed by atoms with E-state index in [1.165, 1.54) is 12.1 Å². The van der Waals surface area contributed by atoms with Gasteiger partial charge in [-0.1, -0.05) is 18.2 Å². The minimum absolute atomic E-state index is 0.218. The molecule has 0 radical (unpaired) electrons. The topological polar surface area (TPSA) is 67.6 Å². The fourth-order valence-electron chi connectivity index (χ4n) is 2.39. The van der Waals surface area contributed by atoms with Gasteiger partial charge in [0, 0.05) is 5.69 Å². The molecular weight excluding hydrogens is 267 g/mol. The van der Waals surface area contributed by atoms with Gasteiger partial charge in [-0.3, -0.25) is 0 Å². The van der Waals surface area contributed by atoms with Crippen LogP contribution in [0.3, 0.4) is 0 Å². The van der Waals surface area contributed by atoms with E-state index in [0.717, 1.165) is 16.6 Å². The summed E-state index contributed by atoms with van der Waals surface area (Å²) in [4.78, 5) is 4.47. The van der Waals surface area contributed by atoms with Crippen LogP contribution in [0.1, 0.15) is 11.4 Å². The first kappa shape index (κ1) is 13.1. The van der Waals surface area contributed by atoms with E-state index in [2.05, 4.69) is 11.1 Å². The zero-order chi connectivity index (χ0) is 14.8. The summed E-state index contributed by atoms with van der Waals surface area (Å²) in [7, 11) is 0. The summed E-state index contributed by atoms with van der Waals surface area (Å²) in [5.41, 5.74) is 8.84. The normalized spacial score (nSPS) is 10.7. The van der Waals surface area contributed by atoms with Crippen LogP contribution in [0.15, 0.2) is 42.5 Å². The van der Waals surface area contributed by atoms with Gasteiger partial charge in [-0.15, -0.1) is 0 Å². The monoisotopic (exact) mass is 280 g/mol. The van der Waals surface area contributed by atoms with Gasteiger partial charge in [-0.05, 0) is 29.8 Å². The fraction of sp³-hybridized carbons (Fsp3) is 0.125. The van der Waals surface area contributed by atoms with Crippen LogP contribution in [-0.2, 0) is 13.0 Å². The Morgan fingerprint density at radius 1 is 1.24 bits per heavy atom. The summed E-state index contributed by atoms with van der Waals surface area (Å²) >= 11 is 0. The van der Waals surface area contributed by atoms with Crippen LogP contribution in [0.5, 0.6) is 0 Å². The van der Waals surface area contributed by atoms with Crippen LogP contribution < -0.4 is 5.73 Å². The molecule has 3 rings (SSSR count). The zero-order valence-electron chi connectivity index (χ0n) is 11.3. The molecule has 104 valence electrons. The zero-order valence-corrected chi connectivity index (χ0v) is 11.3. The second-order valence-electron chi connectivity index (χ2n) is 4.78. The highest BCUT2D eigenvalue weighted by Gasteiger charge is 2.12. The van der Waals surface area contributed by atoms with Crippen molar-refractivity contribution in [1.82, 2.24) is 9.55 Å². The highest BCUT2D eigenvalue weighted by atomic mass is 19.1. The largest absolute Gasteiger partial charge is 0.398 e. The van der Waals surface area contributed by atoms with E-state index < -0.39 is 0 Å². The van der Waals surface area contributed by atoms with Crippen LogP contribution in [0.2, 0.25) is 0 Å². The predicted molar refractivity (Wildman–Crippen MR) is 79.0 cm³/mol. The lowest BCUT2D eigenvalue weighted by molar-refractivity contribution is 0.627. The first-order valence-corrected chi connectivity index (χ1v) is 6.54. The number of fused-ring (bicyclic) bond motifs is 1. The Morgan fingerprint density at radius 2 is 2.05 bits per heavy atom. The molecular formula is C16H13FN4. The first-order chi connectivity index (χ1) is 10.2. The number of nitrogen functional groups attached to an aromatic ring is 1. The maximum atomic E-state index is 13.1. The molecule has 5 heteroatoms. The second kappa shape index (κ2) is 5.25. The molecule has 0 aliphatic heterocycles. The minimum Gasteiger partial charge on any atom is -0.398 e. The highest BCUT2D eigenvalue weighted by Crippen LogP contribution is 2.21. The van der Waals surface area contributed by atoms with Crippen molar-refractivity contribution in [2.45, 2.75) is 13.0 Å². The van der Waals surface area contributed by atoms with Gasteiger partial charge in [0.05, 0.1) is 30.1 Å². The number of halogens is 1. The van der Waals surface area contributed by atoms with E-state index in [-0.39, 0.29) is 12.2 Å². The highest BCUT2D eigenvalue weighted by molar-refractivity contribution is 5.76. The lowest BCUT2D eigenvalue weighted by Gasteiger charge is -2.10. The molecule has 0 aliphatic carbocycles. The SMILES string of the molecule is N#CCc1nc2ccccc2n1Cc1ccc(F)cc1N. The van der Waals surface area contributed by atoms with Gasteiger partial charge in [0.2, 0.25) is 0 Å². The number of aromatic nitrogens is 2. The van der Waals surface area contributed by atoms with E-state index in [0.29, 0.717) is 18.1 Å². The van der Waals surface area contributed by atoms with Crippen molar-refractivity contribution in [2.24, 2.45) is 0 Å². The van der Waals surface area contributed by atoms with E-state index in [1.807, 2.05) is 28.8 Å². The first-order valence-electron chi connectivity index (χ1n) is 6.54. The molecule has 2 aromatic carbocycles. The average molecular weight is 280 g/mol. The summed E-state index contributed by atoms with van der Waals surface area (Å²) in [6.07, 6.45) is 0.218. The van der Waals surface area contributed by atoms with Gasteiger partial charge >= 0.3 is 0 Å². The number of benzene rings is 2. The summed E-state index contributed by atoms with van der Waals surface area (Å²) in [6, 6.07) is 14.1. The lowest BCUT2D eigenvalue weighted by Crippen LogP contribution is -2.07. The number of para-hydroxylation sites is 2. The van der Waals surface area contributed by atoms with E-state index >= 15 is 0 Å². The summed E-state index contributed by atoms with van der Waals surface area (Å²) < 4.78 is 15.1. The molecule has 0 fully saturated rings.